The summed E-state index contributed by atoms with van der Waals surface area (Å²) in [4.78, 5) is 14.9. The van der Waals surface area contributed by atoms with Gasteiger partial charge in [0, 0.05) is 32.4 Å². The Morgan fingerprint density at radius 1 is 1.44 bits per heavy atom. The number of hydrogen-bond acceptors (Lipinski definition) is 3. The Morgan fingerprint density at radius 3 is 3.12 bits per heavy atom. The van der Waals surface area contributed by atoms with E-state index in [-0.39, 0.29) is 5.91 Å². The van der Waals surface area contributed by atoms with Gasteiger partial charge >= 0.3 is 0 Å². The van der Waals surface area contributed by atoms with Crippen molar-refractivity contribution in [3.05, 3.63) is 30.6 Å². The van der Waals surface area contributed by atoms with Gasteiger partial charge in [-0.1, -0.05) is 6.07 Å². The summed E-state index contributed by atoms with van der Waals surface area (Å²) in [5, 5.41) is 5.97. The first kappa shape index (κ1) is 10.5. The molecule has 1 amide bonds. The molecule has 2 aromatic heterocycles. The lowest BCUT2D eigenvalue weighted by Crippen LogP contribution is -2.26. The molecule has 0 saturated heterocycles. The average molecular weight is 218 g/mol. The molecule has 0 unspecified atom stereocenters. The molecule has 2 rings (SSSR count). The summed E-state index contributed by atoms with van der Waals surface area (Å²) in [6.07, 6.45) is 3.66. The summed E-state index contributed by atoms with van der Waals surface area (Å²) in [7, 11) is 0. The van der Waals surface area contributed by atoms with Gasteiger partial charge in [-0.05, 0) is 12.1 Å². The summed E-state index contributed by atoms with van der Waals surface area (Å²) >= 11 is 0. The highest BCUT2D eigenvalue weighted by Gasteiger charge is 1.98. The number of carbonyl (C=O) groups is 1. The van der Waals surface area contributed by atoms with Crippen molar-refractivity contribution in [2.24, 2.45) is 0 Å². The van der Waals surface area contributed by atoms with Crippen LogP contribution in [0.2, 0.25) is 0 Å². The normalized spacial score (nSPS) is 10.3. The van der Waals surface area contributed by atoms with E-state index in [2.05, 4.69) is 15.6 Å². The van der Waals surface area contributed by atoms with Crippen LogP contribution in [-0.2, 0) is 4.79 Å². The molecule has 0 aliphatic rings. The molecular formula is C11H14N4O. The van der Waals surface area contributed by atoms with E-state index in [0.29, 0.717) is 13.1 Å². The van der Waals surface area contributed by atoms with Gasteiger partial charge in [0.05, 0.1) is 0 Å². The molecule has 2 aromatic rings. The summed E-state index contributed by atoms with van der Waals surface area (Å²) in [6, 6.07) is 5.87. The van der Waals surface area contributed by atoms with Crippen molar-refractivity contribution >= 4 is 17.4 Å². The zero-order chi connectivity index (χ0) is 11.4. The Labute approximate surface area is 93.5 Å². The van der Waals surface area contributed by atoms with Crippen LogP contribution in [0, 0.1) is 0 Å². The first-order chi connectivity index (χ1) is 7.77. The lowest BCUT2D eigenvalue weighted by molar-refractivity contribution is -0.118. The van der Waals surface area contributed by atoms with Crippen LogP contribution in [0.5, 0.6) is 0 Å². The number of nitrogens with one attached hydrogen (secondary N) is 2. The van der Waals surface area contributed by atoms with Gasteiger partial charge in [-0.25, -0.2) is 4.98 Å². The Kier molecular flexibility index (Phi) is 3.05. The second kappa shape index (κ2) is 4.65. The maximum Gasteiger partial charge on any atom is 0.216 e. The van der Waals surface area contributed by atoms with E-state index in [1.165, 1.54) is 6.92 Å². The molecule has 0 radical (unpaired) electrons. The quantitative estimate of drug-likeness (QED) is 0.749. The summed E-state index contributed by atoms with van der Waals surface area (Å²) in [5.74, 6) is 0.961. The van der Waals surface area contributed by atoms with Crippen LogP contribution in [0.25, 0.3) is 5.65 Å². The first-order valence-corrected chi connectivity index (χ1v) is 5.18. The van der Waals surface area contributed by atoms with Crippen molar-refractivity contribution < 1.29 is 4.79 Å². The van der Waals surface area contributed by atoms with Gasteiger partial charge in [-0.2, -0.15) is 0 Å². The predicted octanol–water partition coefficient (Wildman–Crippen LogP) is 0.882. The molecule has 0 aliphatic heterocycles. The minimum Gasteiger partial charge on any atom is -0.369 e. The largest absolute Gasteiger partial charge is 0.369 e. The zero-order valence-electron chi connectivity index (χ0n) is 9.10. The van der Waals surface area contributed by atoms with Gasteiger partial charge in [0.2, 0.25) is 5.91 Å². The Bertz CT molecular complexity index is 491. The van der Waals surface area contributed by atoms with Crippen molar-refractivity contribution in [1.82, 2.24) is 14.7 Å². The van der Waals surface area contributed by atoms with E-state index in [1.54, 1.807) is 6.20 Å². The zero-order valence-corrected chi connectivity index (χ0v) is 9.10. The molecule has 5 nitrogen and oxygen atoms in total. The lowest BCUT2D eigenvalue weighted by atomic mass is 10.4. The fourth-order valence-corrected chi connectivity index (χ4v) is 1.52. The molecule has 0 atom stereocenters. The van der Waals surface area contributed by atoms with Crippen LogP contribution in [0.4, 0.5) is 5.82 Å². The number of imidazole rings is 1. The van der Waals surface area contributed by atoms with Crippen LogP contribution in [-0.4, -0.2) is 28.4 Å². The molecule has 0 aromatic carbocycles. The second-order valence-corrected chi connectivity index (χ2v) is 3.48. The van der Waals surface area contributed by atoms with Gasteiger partial charge in [-0.15, -0.1) is 0 Å². The lowest BCUT2D eigenvalue weighted by Gasteiger charge is -2.08. The van der Waals surface area contributed by atoms with Crippen molar-refractivity contribution in [3.8, 4) is 0 Å². The van der Waals surface area contributed by atoms with Crippen LogP contribution in [0.15, 0.2) is 30.6 Å². The Balaban J connectivity index is 1.98. The second-order valence-electron chi connectivity index (χ2n) is 3.48. The number of nitrogens with zero attached hydrogens (tertiary/aromatic N) is 2. The fraction of sp³-hybridized carbons (Fsp3) is 0.273. The molecule has 5 heteroatoms. The molecule has 0 fully saturated rings. The van der Waals surface area contributed by atoms with Crippen LogP contribution in [0.3, 0.4) is 0 Å². The third-order valence-electron chi connectivity index (χ3n) is 2.23. The Morgan fingerprint density at radius 2 is 2.31 bits per heavy atom. The number of rotatable bonds is 4. The molecular weight excluding hydrogens is 204 g/mol. The van der Waals surface area contributed by atoms with Gasteiger partial charge in [0.15, 0.2) is 0 Å². The van der Waals surface area contributed by atoms with E-state index in [4.69, 9.17) is 0 Å². The van der Waals surface area contributed by atoms with E-state index in [0.717, 1.165) is 11.5 Å². The minimum atomic E-state index is -0.0114. The molecule has 16 heavy (non-hydrogen) atoms. The predicted molar refractivity (Wildman–Crippen MR) is 62.4 cm³/mol. The number of amides is 1. The van der Waals surface area contributed by atoms with Crippen LogP contribution >= 0.6 is 0 Å². The van der Waals surface area contributed by atoms with Crippen molar-refractivity contribution in [3.63, 3.8) is 0 Å². The minimum absolute atomic E-state index is 0.0114. The number of anilines is 1. The van der Waals surface area contributed by atoms with Crippen molar-refractivity contribution in [2.45, 2.75) is 6.92 Å². The molecule has 0 spiro atoms. The molecule has 2 N–H and O–H groups in total. The third kappa shape index (κ3) is 2.31. The van der Waals surface area contributed by atoms with Crippen molar-refractivity contribution in [2.75, 3.05) is 18.4 Å². The maximum absolute atomic E-state index is 10.7. The summed E-state index contributed by atoms with van der Waals surface area (Å²) in [5.41, 5.74) is 0.907. The number of aromatic nitrogens is 2. The highest BCUT2D eigenvalue weighted by atomic mass is 16.1. The van der Waals surface area contributed by atoms with Gasteiger partial charge < -0.3 is 10.6 Å². The molecule has 2 heterocycles. The van der Waals surface area contributed by atoms with Gasteiger partial charge in [0.1, 0.15) is 11.5 Å². The van der Waals surface area contributed by atoms with Gasteiger partial charge in [0.25, 0.3) is 0 Å². The number of pyridine rings is 1. The monoisotopic (exact) mass is 218 g/mol. The molecule has 0 aliphatic carbocycles. The standard InChI is InChI=1S/C11H14N4O/c1-9(16)12-5-6-13-10-3-2-4-11-14-7-8-15(10)11/h2-4,7-8,13H,5-6H2,1H3,(H,12,16). The molecule has 0 saturated carbocycles. The highest BCUT2D eigenvalue weighted by molar-refractivity contribution is 5.72. The summed E-state index contributed by atoms with van der Waals surface area (Å²) in [6.45, 7) is 2.81. The summed E-state index contributed by atoms with van der Waals surface area (Å²) < 4.78 is 1.97. The van der Waals surface area contributed by atoms with Gasteiger partial charge in [-0.3, -0.25) is 9.20 Å². The van der Waals surface area contributed by atoms with E-state index < -0.39 is 0 Å². The smallest absolute Gasteiger partial charge is 0.216 e. The maximum atomic E-state index is 10.7. The fourth-order valence-electron chi connectivity index (χ4n) is 1.52. The number of hydrogen-bond donors (Lipinski definition) is 2. The average Bonchev–Trinajstić information content (AvgIpc) is 2.72. The Hall–Kier alpha value is -2.04. The van der Waals surface area contributed by atoms with Crippen molar-refractivity contribution in [1.29, 1.82) is 0 Å². The topological polar surface area (TPSA) is 58.4 Å². The van der Waals surface area contributed by atoms with E-state index >= 15 is 0 Å². The van der Waals surface area contributed by atoms with E-state index in [1.807, 2.05) is 28.8 Å². The SMILES string of the molecule is CC(=O)NCCNc1cccc2nccn12. The van der Waals surface area contributed by atoms with E-state index in [9.17, 15) is 4.79 Å². The number of fused-ring (bicyclic) bond motifs is 1. The highest BCUT2D eigenvalue weighted by Crippen LogP contribution is 2.09. The van der Waals surface area contributed by atoms with Crippen LogP contribution < -0.4 is 10.6 Å². The molecule has 0 bridgehead atoms. The third-order valence-corrected chi connectivity index (χ3v) is 2.23. The number of carbonyl (C=O) groups excluding carboxylic acids is 1. The molecule has 84 valence electrons. The first-order valence-electron chi connectivity index (χ1n) is 5.18. The van der Waals surface area contributed by atoms with Crippen LogP contribution in [0.1, 0.15) is 6.92 Å².